The van der Waals surface area contributed by atoms with Crippen molar-refractivity contribution in [3.63, 3.8) is 0 Å². The Morgan fingerprint density at radius 3 is 2.43 bits per heavy atom. The summed E-state index contributed by atoms with van der Waals surface area (Å²) in [6.45, 7) is 3.80. The first kappa shape index (κ1) is 15.2. The first-order valence-corrected chi connectivity index (χ1v) is 8.37. The molecule has 0 radical (unpaired) electrons. The molecular weight excluding hydrogens is 314 g/mol. The minimum Gasteiger partial charge on any atom is -0.280 e. The van der Waals surface area contributed by atoms with E-state index >= 15 is 0 Å². The highest BCUT2D eigenvalue weighted by molar-refractivity contribution is 7.92. The lowest BCUT2D eigenvalue weighted by atomic mass is 10.2. The summed E-state index contributed by atoms with van der Waals surface area (Å²) in [7, 11) is -3.64. The van der Waals surface area contributed by atoms with Crippen LogP contribution in [0.2, 0.25) is 0 Å². The molecule has 3 rings (SSSR count). The van der Waals surface area contributed by atoms with Crippen molar-refractivity contribution in [3.05, 3.63) is 59.9 Å². The van der Waals surface area contributed by atoms with Gasteiger partial charge in [0.1, 0.15) is 6.33 Å². The molecule has 1 N–H and O–H groups in total. The second-order valence-electron chi connectivity index (χ2n) is 5.17. The highest BCUT2D eigenvalue weighted by Crippen LogP contribution is 2.21. The molecule has 23 heavy (non-hydrogen) atoms. The van der Waals surface area contributed by atoms with Gasteiger partial charge >= 0.3 is 0 Å². The van der Waals surface area contributed by atoms with E-state index in [1.807, 2.05) is 19.9 Å². The summed E-state index contributed by atoms with van der Waals surface area (Å²) in [6.07, 6.45) is 1.46. The van der Waals surface area contributed by atoms with Gasteiger partial charge in [0, 0.05) is 0 Å². The zero-order valence-corrected chi connectivity index (χ0v) is 13.4. The summed E-state index contributed by atoms with van der Waals surface area (Å²) in [6, 6.07) is 11.9. The molecule has 0 aliphatic carbocycles. The molecule has 0 saturated carbocycles. The zero-order valence-electron chi connectivity index (χ0n) is 12.6. The van der Waals surface area contributed by atoms with Gasteiger partial charge in [-0.05, 0) is 54.1 Å². The SMILES string of the molecule is Cc1ccc(S(=O)(=O)Nc2ccc(C)c(-n3cnnn3)c2)cc1. The van der Waals surface area contributed by atoms with E-state index in [1.54, 1.807) is 36.4 Å². The summed E-state index contributed by atoms with van der Waals surface area (Å²) in [4.78, 5) is 0.215. The molecule has 0 amide bonds. The lowest BCUT2D eigenvalue weighted by molar-refractivity contribution is 0.601. The van der Waals surface area contributed by atoms with Gasteiger partial charge < -0.3 is 0 Å². The maximum absolute atomic E-state index is 12.4. The van der Waals surface area contributed by atoms with Gasteiger partial charge in [-0.3, -0.25) is 4.72 Å². The standard InChI is InChI=1S/C15H15N5O2S/c1-11-3-7-14(8-4-11)23(21,22)17-13-6-5-12(2)15(9-13)20-10-16-18-19-20/h3-10,17H,1-2H3. The average Bonchev–Trinajstić information content (AvgIpc) is 3.03. The molecule has 0 saturated heterocycles. The highest BCUT2D eigenvalue weighted by atomic mass is 32.2. The normalized spacial score (nSPS) is 11.4. The smallest absolute Gasteiger partial charge is 0.261 e. The number of aromatic nitrogens is 4. The molecule has 0 unspecified atom stereocenters. The molecular formula is C15H15N5O2S. The van der Waals surface area contributed by atoms with Crippen molar-refractivity contribution in [3.8, 4) is 5.69 Å². The van der Waals surface area contributed by atoms with E-state index in [4.69, 9.17) is 0 Å². The van der Waals surface area contributed by atoms with Crippen molar-refractivity contribution in [2.75, 3.05) is 4.72 Å². The molecule has 1 aromatic heterocycles. The molecule has 1 heterocycles. The lowest BCUT2D eigenvalue weighted by Crippen LogP contribution is -2.13. The van der Waals surface area contributed by atoms with Gasteiger partial charge in [-0.25, -0.2) is 13.1 Å². The van der Waals surface area contributed by atoms with E-state index in [0.29, 0.717) is 11.4 Å². The number of hydrogen-bond donors (Lipinski definition) is 1. The molecule has 3 aromatic rings. The molecule has 0 bridgehead atoms. The van der Waals surface area contributed by atoms with Crippen LogP contribution in [-0.4, -0.2) is 28.6 Å². The maximum Gasteiger partial charge on any atom is 0.261 e. The number of benzene rings is 2. The monoisotopic (exact) mass is 329 g/mol. The van der Waals surface area contributed by atoms with Gasteiger partial charge in [0.15, 0.2) is 0 Å². The molecule has 0 atom stereocenters. The van der Waals surface area contributed by atoms with Crippen LogP contribution in [-0.2, 0) is 10.0 Å². The van der Waals surface area contributed by atoms with Crippen molar-refractivity contribution in [2.45, 2.75) is 18.7 Å². The number of nitrogens with one attached hydrogen (secondary N) is 1. The third-order valence-corrected chi connectivity index (χ3v) is 4.79. The van der Waals surface area contributed by atoms with Gasteiger partial charge in [0.2, 0.25) is 0 Å². The zero-order chi connectivity index (χ0) is 16.4. The molecule has 8 heteroatoms. The number of nitrogens with zero attached hydrogens (tertiary/aromatic N) is 4. The van der Waals surface area contributed by atoms with Crippen molar-refractivity contribution in [2.24, 2.45) is 0 Å². The summed E-state index contributed by atoms with van der Waals surface area (Å²) < 4.78 is 28.9. The van der Waals surface area contributed by atoms with Gasteiger partial charge in [-0.15, -0.1) is 5.10 Å². The Hall–Kier alpha value is -2.74. The first-order valence-electron chi connectivity index (χ1n) is 6.89. The Labute approximate surface area is 134 Å². The highest BCUT2D eigenvalue weighted by Gasteiger charge is 2.15. The van der Waals surface area contributed by atoms with Crippen LogP contribution in [0.1, 0.15) is 11.1 Å². The molecule has 0 fully saturated rings. The molecule has 118 valence electrons. The van der Waals surface area contributed by atoms with Crippen molar-refractivity contribution >= 4 is 15.7 Å². The van der Waals surface area contributed by atoms with Crippen molar-refractivity contribution in [1.29, 1.82) is 0 Å². The third kappa shape index (κ3) is 3.21. The van der Waals surface area contributed by atoms with Crippen LogP contribution in [0, 0.1) is 13.8 Å². The maximum atomic E-state index is 12.4. The minimum atomic E-state index is -3.64. The number of rotatable bonds is 4. The fourth-order valence-corrected chi connectivity index (χ4v) is 3.17. The predicted octanol–water partition coefficient (Wildman–Crippen LogP) is 2.08. The van der Waals surface area contributed by atoms with Crippen LogP contribution in [0.25, 0.3) is 5.69 Å². The Morgan fingerprint density at radius 2 is 1.78 bits per heavy atom. The van der Waals surface area contributed by atoms with Crippen molar-refractivity contribution < 1.29 is 8.42 Å². The number of hydrogen-bond acceptors (Lipinski definition) is 5. The van der Waals surface area contributed by atoms with E-state index in [-0.39, 0.29) is 4.90 Å². The van der Waals surface area contributed by atoms with Crippen LogP contribution >= 0.6 is 0 Å². The Balaban J connectivity index is 1.94. The fraction of sp³-hybridized carbons (Fsp3) is 0.133. The van der Waals surface area contributed by atoms with Crippen LogP contribution in [0.15, 0.2) is 53.7 Å². The molecule has 7 nitrogen and oxygen atoms in total. The number of sulfonamides is 1. The summed E-state index contributed by atoms with van der Waals surface area (Å²) in [5.74, 6) is 0. The summed E-state index contributed by atoms with van der Waals surface area (Å²) >= 11 is 0. The van der Waals surface area contributed by atoms with Crippen LogP contribution < -0.4 is 4.72 Å². The Morgan fingerprint density at radius 1 is 1.04 bits per heavy atom. The molecule has 2 aromatic carbocycles. The van der Waals surface area contributed by atoms with Crippen molar-refractivity contribution in [1.82, 2.24) is 20.2 Å². The minimum absolute atomic E-state index is 0.215. The number of tetrazole rings is 1. The lowest BCUT2D eigenvalue weighted by Gasteiger charge is -2.11. The van der Waals surface area contributed by atoms with E-state index in [2.05, 4.69) is 20.2 Å². The molecule has 0 aliphatic rings. The fourth-order valence-electron chi connectivity index (χ4n) is 2.12. The average molecular weight is 329 g/mol. The van der Waals surface area contributed by atoms with E-state index in [0.717, 1.165) is 11.1 Å². The quantitative estimate of drug-likeness (QED) is 0.791. The largest absolute Gasteiger partial charge is 0.280 e. The van der Waals surface area contributed by atoms with Crippen LogP contribution in [0.4, 0.5) is 5.69 Å². The first-order chi connectivity index (χ1) is 11.0. The topological polar surface area (TPSA) is 89.8 Å². The summed E-state index contributed by atoms with van der Waals surface area (Å²) in [5.41, 5.74) is 3.08. The molecule has 0 spiro atoms. The second-order valence-corrected chi connectivity index (χ2v) is 6.86. The summed E-state index contributed by atoms with van der Waals surface area (Å²) in [5, 5.41) is 11.0. The van der Waals surface area contributed by atoms with Gasteiger partial charge in [0.25, 0.3) is 10.0 Å². The predicted molar refractivity (Wildman–Crippen MR) is 85.9 cm³/mol. The van der Waals surface area contributed by atoms with Gasteiger partial charge in [-0.2, -0.15) is 0 Å². The third-order valence-electron chi connectivity index (χ3n) is 3.39. The Kier molecular flexibility index (Phi) is 3.83. The Bertz CT molecular complexity index is 919. The van der Waals surface area contributed by atoms with Crippen LogP contribution in [0.3, 0.4) is 0 Å². The van der Waals surface area contributed by atoms with Crippen LogP contribution in [0.5, 0.6) is 0 Å². The second kappa shape index (κ2) is 5.81. The van der Waals surface area contributed by atoms with Gasteiger partial charge in [-0.1, -0.05) is 23.8 Å². The van der Waals surface area contributed by atoms with E-state index in [1.165, 1.54) is 11.0 Å². The number of anilines is 1. The van der Waals surface area contributed by atoms with E-state index in [9.17, 15) is 8.42 Å². The molecule has 0 aliphatic heterocycles. The number of aryl methyl sites for hydroxylation is 2. The van der Waals surface area contributed by atoms with Gasteiger partial charge in [0.05, 0.1) is 16.3 Å². The van der Waals surface area contributed by atoms with E-state index < -0.39 is 10.0 Å².